The lowest BCUT2D eigenvalue weighted by molar-refractivity contribution is -0.137. The topological polar surface area (TPSA) is 139 Å². The van der Waals surface area contributed by atoms with Gasteiger partial charge in [0.2, 0.25) is 11.8 Å². The van der Waals surface area contributed by atoms with Crippen molar-refractivity contribution in [1.82, 2.24) is 10.6 Å². The number of unbranched alkanes of at least 4 members (excludes halogenated alkanes) is 1. The van der Waals surface area contributed by atoms with E-state index in [4.69, 9.17) is 10.8 Å². The van der Waals surface area contributed by atoms with E-state index < -0.39 is 23.8 Å². The molecule has 4 amide bonds. The van der Waals surface area contributed by atoms with Crippen LogP contribution in [0.25, 0.3) is 0 Å². The van der Waals surface area contributed by atoms with Crippen molar-refractivity contribution in [2.75, 3.05) is 6.54 Å². The van der Waals surface area contributed by atoms with E-state index in [-0.39, 0.29) is 25.8 Å². The van der Waals surface area contributed by atoms with Crippen LogP contribution in [0.5, 0.6) is 0 Å². The second-order valence-corrected chi connectivity index (χ2v) is 3.62. The Morgan fingerprint density at radius 2 is 1.61 bits per heavy atom. The van der Waals surface area contributed by atoms with Crippen molar-refractivity contribution in [3.8, 4) is 0 Å². The van der Waals surface area contributed by atoms with Gasteiger partial charge in [0.25, 0.3) is 0 Å². The summed E-state index contributed by atoms with van der Waals surface area (Å²) in [5, 5.41) is 12.7. The summed E-state index contributed by atoms with van der Waals surface area (Å²) in [5.74, 6) is -1.95. The molecule has 0 aliphatic heterocycles. The molecule has 0 atom stereocenters. The number of amides is 4. The molecule has 0 aliphatic rings. The summed E-state index contributed by atoms with van der Waals surface area (Å²) >= 11 is 0. The first-order valence-corrected chi connectivity index (χ1v) is 5.49. The van der Waals surface area contributed by atoms with Crippen LogP contribution in [0.2, 0.25) is 0 Å². The van der Waals surface area contributed by atoms with Crippen molar-refractivity contribution in [2.24, 2.45) is 5.73 Å². The standard InChI is InChI=1S/C10H17N3O5/c11-7(14)5-6-12-10(18)13-8(15)3-1-2-4-9(16)17/h1-6H2,(H2,11,14)(H,16,17)(H2,12,13,15,18). The molecule has 18 heavy (non-hydrogen) atoms. The van der Waals surface area contributed by atoms with Gasteiger partial charge in [0.05, 0.1) is 0 Å². The van der Waals surface area contributed by atoms with E-state index in [0.29, 0.717) is 12.8 Å². The number of aliphatic carboxylic acids is 1. The maximum Gasteiger partial charge on any atom is 0.321 e. The zero-order valence-corrected chi connectivity index (χ0v) is 9.90. The van der Waals surface area contributed by atoms with Crippen LogP contribution in [0.1, 0.15) is 32.1 Å². The van der Waals surface area contributed by atoms with Gasteiger partial charge in [-0.05, 0) is 12.8 Å². The van der Waals surface area contributed by atoms with Crippen LogP contribution in [0, 0.1) is 0 Å². The minimum atomic E-state index is -0.917. The molecule has 0 rings (SSSR count). The largest absolute Gasteiger partial charge is 0.481 e. The lowest BCUT2D eigenvalue weighted by Crippen LogP contribution is -2.40. The highest BCUT2D eigenvalue weighted by molar-refractivity contribution is 5.94. The zero-order valence-electron chi connectivity index (χ0n) is 9.90. The minimum Gasteiger partial charge on any atom is -0.481 e. The van der Waals surface area contributed by atoms with Gasteiger partial charge < -0.3 is 16.2 Å². The summed E-state index contributed by atoms with van der Waals surface area (Å²) in [6.45, 7) is 0.0630. The second-order valence-electron chi connectivity index (χ2n) is 3.62. The highest BCUT2D eigenvalue weighted by Gasteiger charge is 2.07. The zero-order chi connectivity index (χ0) is 14.0. The molecular weight excluding hydrogens is 242 g/mol. The molecule has 0 aromatic carbocycles. The molecular formula is C10H17N3O5. The number of hydrogen-bond acceptors (Lipinski definition) is 4. The summed E-state index contributed by atoms with van der Waals surface area (Å²) in [4.78, 5) is 42.8. The van der Waals surface area contributed by atoms with Crippen molar-refractivity contribution in [3.63, 3.8) is 0 Å². The maximum atomic E-state index is 11.2. The average Bonchev–Trinajstić information content (AvgIpc) is 2.23. The average molecular weight is 259 g/mol. The Balaban J connectivity index is 3.58. The SMILES string of the molecule is NC(=O)CCNC(=O)NC(=O)CCCCC(=O)O. The van der Waals surface area contributed by atoms with Gasteiger partial charge in [0.15, 0.2) is 0 Å². The van der Waals surface area contributed by atoms with Crippen LogP contribution in [0.3, 0.4) is 0 Å². The van der Waals surface area contributed by atoms with E-state index >= 15 is 0 Å². The monoisotopic (exact) mass is 259 g/mol. The fourth-order valence-corrected chi connectivity index (χ4v) is 1.09. The first kappa shape index (κ1) is 15.9. The van der Waals surface area contributed by atoms with Crippen LogP contribution >= 0.6 is 0 Å². The van der Waals surface area contributed by atoms with E-state index in [1.807, 2.05) is 0 Å². The quantitative estimate of drug-likeness (QED) is 0.428. The van der Waals surface area contributed by atoms with Crippen molar-refractivity contribution >= 4 is 23.8 Å². The van der Waals surface area contributed by atoms with E-state index in [9.17, 15) is 19.2 Å². The summed E-state index contributed by atoms with van der Waals surface area (Å²) < 4.78 is 0. The molecule has 0 saturated carbocycles. The molecule has 102 valence electrons. The Morgan fingerprint density at radius 1 is 1.00 bits per heavy atom. The Kier molecular flexibility index (Phi) is 7.91. The van der Waals surface area contributed by atoms with Gasteiger partial charge >= 0.3 is 12.0 Å². The number of imide groups is 1. The molecule has 5 N–H and O–H groups in total. The predicted molar refractivity (Wildman–Crippen MR) is 61.5 cm³/mol. The number of carboxylic acid groups (broad SMARTS) is 1. The van der Waals surface area contributed by atoms with Crippen LogP contribution in [-0.2, 0) is 14.4 Å². The van der Waals surface area contributed by atoms with Crippen molar-refractivity contribution in [2.45, 2.75) is 32.1 Å². The number of carboxylic acids is 1. The molecule has 0 aromatic heterocycles. The van der Waals surface area contributed by atoms with Gasteiger partial charge in [-0.15, -0.1) is 0 Å². The number of carbonyl (C=O) groups is 4. The van der Waals surface area contributed by atoms with Crippen molar-refractivity contribution < 1.29 is 24.3 Å². The molecule has 0 spiro atoms. The Labute approximate surface area is 104 Å². The van der Waals surface area contributed by atoms with Crippen molar-refractivity contribution in [1.29, 1.82) is 0 Å². The van der Waals surface area contributed by atoms with Gasteiger partial charge in [-0.1, -0.05) is 0 Å². The fourth-order valence-electron chi connectivity index (χ4n) is 1.09. The van der Waals surface area contributed by atoms with E-state index in [2.05, 4.69) is 10.6 Å². The first-order valence-electron chi connectivity index (χ1n) is 5.49. The molecule has 0 aromatic rings. The maximum absolute atomic E-state index is 11.2. The Hall–Kier alpha value is -2.12. The fraction of sp³-hybridized carbons (Fsp3) is 0.600. The number of urea groups is 1. The van der Waals surface area contributed by atoms with Crippen LogP contribution in [0.4, 0.5) is 4.79 Å². The van der Waals surface area contributed by atoms with Gasteiger partial charge in [-0.25, -0.2) is 4.79 Å². The van der Waals surface area contributed by atoms with Gasteiger partial charge in [-0.2, -0.15) is 0 Å². The number of nitrogens with one attached hydrogen (secondary N) is 2. The molecule has 0 heterocycles. The van der Waals surface area contributed by atoms with E-state index in [1.165, 1.54) is 0 Å². The Morgan fingerprint density at radius 3 is 2.17 bits per heavy atom. The van der Waals surface area contributed by atoms with Crippen LogP contribution < -0.4 is 16.4 Å². The van der Waals surface area contributed by atoms with Crippen LogP contribution in [-0.4, -0.2) is 35.5 Å². The highest BCUT2D eigenvalue weighted by atomic mass is 16.4. The molecule has 0 aliphatic carbocycles. The molecule has 8 nitrogen and oxygen atoms in total. The van der Waals surface area contributed by atoms with Crippen molar-refractivity contribution in [3.05, 3.63) is 0 Å². The number of carbonyl (C=O) groups excluding carboxylic acids is 3. The lowest BCUT2D eigenvalue weighted by Gasteiger charge is -2.05. The third kappa shape index (κ3) is 10.4. The van der Waals surface area contributed by atoms with E-state index in [1.54, 1.807) is 0 Å². The molecule has 0 fully saturated rings. The summed E-state index contributed by atoms with van der Waals surface area (Å²) in [5.41, 5.74) is 4.86. The second kappa shape index (κ2) is 8.97. The third-order valence-corrected chi connectivity index (χ3v) is 1.95. The predicted octanol–water partition coefficient (Wildman–Crippen LogP) is -0.667. The molecule has 8 heteroatoms. The lowest BCUT2D eigenvalue weighted by atomic mass is 10.2. The first-order chi connectivity index (χ1) is 8.41. The summed E-state index contributed by atoms with van der Waals surface area (Å²) in [7, 11) is 0. The van der Waals surface area contributed by atoms with Gasteiger partial charge in [0.1, 0.15) is 0 Å². The molecule has 0 bridgehead atoms. The van der Waals surface area contributed by atoms with E-state index in [0.717, 1.165) is 0 Å². The number of hydrogen-bond donors (Lipinski definition) is 4. The normalized spacial score (nSPS) is 9.56. The number of primary amides is 1. The minimum absolute atomic E-state index is 0.000220. The smallest absolute Gasteiger partial charge is 0.321 e. The molecule has 0 radical (unpaired) electrons. The summed E-state index contributed by atoms with van der Waals surface area (Å²) in [6, 6.07) is -0.695. The summed E-state index contributed by atoms with van der Waals surface area (Å²) in [6.07, 6.45) is 0.855. The van der Waals surface area contributed by atoms with Crippen LogP contribution in [0.15, 0.2) is 0 Å². The molecule has 0 saturated heterocycles. The van der Waals surface area contributed by atoms with Gasteiger partial charge in [0, 0.05) is 25.8 Å². The number of nitrogens with two attached hydrogens (primary N) is 1. The highest BCUT2D eigenvalue weighted by Crippen LogP contribution is 1.99. The molecule has 0 unspecified atom stereocenters. The van der Waals surface area contributed by atoms with Gasteiger partial charge in [-0.3, -0.25) is 19.7 Å². The Bertz CT molecular complexity index is 329. The third-order valence-electron chi connectivity index (χ3n) is 1.95. The number of rotatable bonds is 8.